The van der Waals surface area contributed by atoms with Gasteiger partial charge in [0.1, 0.15) is 5.75 Å². The number of nitro groups is 1. The Hall–Kier alpha value is -3.29. The van der Waals surface area contributed by atoms with Crippen LogP contribution in [-0.4, -0.2) is 26.0 Å². The van der Waals surface area contributed by atoms with E-state index in [-0.39, 0.29) is 17.4 Å². The van der Waals surface area contributed by atoms with Gasteiger partial charge < -0.3 is 9.84 Å². The summed E-state index contributed by atoms with van der Waals surface area (Å²) in [4.78, 5) is 28.2. The van der Waals surface area contributed by atoms with E-state index in [1.807, 2.05) is 0 Å². The normalized spacial score (nSPS) is 10.5. The summed E-state index contributed by atoms with van der Waals surface area (Å²) in [7, 11) is 0. The van der Waals surface area contributed by atoms with Crippen LogP contribution in [0.3, 0.4) is 0 Å². The lowest BCUT2D eigenvalue weighted by Gasteiger charge is -2.03. The number of ether oxygens (including phenoxy) is 1. The number of hydrogen-bond donors (Lipinski definition) is 1. The Bertz CT molecular complexity index is 697. The molecule has 0 amide bonds. The van der Waals surface area contributed by atoms with E-state index >= 15 is 0 Å². The zero-order valence-electron chi connectivity index (χ0n) is 10.5. The standard InChI is InChI=1S/C13H9N3O5/c17-12(18)5-4-9-7-14-13(15-8-9)21-11-3-1-2-10(6-11)16(19)20/h1-8H,(H,17,18)/b5-4+. The summed E-state index contributed by atoms with van der Waals surface area (Å²) >= 11 is 0. The van der Waals surface area contributed by atoms with E-state index < -0.39 is 10.9 Å². The number of hydrogen-bond acceptors (Lipinski definition) is 6. The highest BCUT2D eigenvalue weighted by atomic mass is 16.6. The topological polar surface area (TPSA) is 115 Å². The van der Waals surface area contributed by atoms with Crippen LogP contribution in [0.5, 0.6) is 11.8 Å². The fourth-order valence-electron chi connectivity index (χ4n) is 1.40. The molecule has 2 rings (SSSR count). The number of non-ortho nitro benzene ring substituents is 1. The third-order valence-corrected chi connectivity index (χ3v) is 2.30. The quantitative estimate of drug-likeness (QED) is 0.509. The first-order chi connectivity index (χ1) is 10.0. The summed E-state index contributed by atoms with van der Waals surface area (Å²) in [5.41, 5.74) is 0.386. The fraction of sp³-hybridized carbons (Fsp3) is 0. The number of nitrogens with zero attached hydrogens (tertiary/aromatic N) is 3. The van der Waals surface area contributed by atoms with Crippen molar-refractivity contribution in [2.75, 3.05) is 0 Å². The van der Waals surface area contributed by atoms with Gasteiger partial charge in [0.25, 0.3) is 5.69 Å². The van der Waals surface area contributed by atoms with Crippen molar-refractivity contribution in [3.05, 3.63) is 58.4 Å². The summed E-state index contributed by atoms with van der Waals surface area (Å²) < 4.78 is 5.28. The van der Waals surface area contributed by atoms with Gasteiger partial charge in [0.2, 0.25) is 0 Å². The molecule has 0 fully saturated rings. The highest BCUT2D eigenvalue weighted by molar-refractivity contribution is 5.85. The second kappa shape index (κ2) is 6.24. The highest BCUT2D eigenvalue weighted by Gasteiger charge is 2.08. The van der Waals surface area contributed by atoms with Crippen molar-refractivity contribution in [2.24, 2.45) is 0 Å². The van der Waals surface area contributed by atoms with E-state index in [0.29, 0.717) is 5.56 Å². The monoisotopic (exact) mass is 287 g/mol. The molecule has 0 saturated heterocycles. The molecule has 1 aromatic carbocycles. The number of nitro benzene ring substituents is 1. The average Bonchev–Trinajstić information content (AvgIpc) is 2.47. The molecule has 0 aliphatic rings. The van der Waals surface area contributed by atoms with Crippen LogP contribution in [-0.2, 0) is 4.79 Å². The number of aliphatic carboxylic acids is 1. The lowest BCUT2D eigenvalue weighted by atomic mass is 10.3. The first-order valence-electron chi connectivity index (χ1n) is 5.70. The van der Waals surface area contributed by atoms with E-state index in [1.165, 1.54) is 42.7 Å². The molecule has 0 atom stereocenters. The summed E-state index contributed by atoms with van der Waals surface area (Å²) in [5.74, 6) is -0.843. The van der Waals surface area contributed by atoms with E-state index in [1.54, 1.807) is 0 Å². The number of carboxylic acids is 1. The van der Waals surface area contributed by atoms with Gasteiger partial charge in [0.15, 0.2) is 0 Å². The molecule has 106 valence electrons. The van der Waals surface area contributed by atoms with Gasteiger partial charge in [-0.1, -0.05) is 6.07 Å². The third-order valence-electron chi connectivity index (χ3n) is 2.30. The Morgan fingerprint density at radius 3 is 2.67 bits per heavy atom. The molecule has 1 heterocycles. The van der Waals surface area contributed by atoms with Gasteiger partial charge in [-0.2, -0.15) is 0 Å². The molecule has 1 N–H and O–H groups in total. The van der Waals surface area contributed by atoms with Gasteiger partial charge in [-0.05, 0) is 12.1 Å². The van der Waals surface area contributed by atoms with E-state index in [2.05, 4.69) is 9.97 Å². The Morgan fingerprint density at radius 2 is 2.05 bits per heavy atom. The minimum Gasteiger partial charge on any atom is -0.478 e. The summed E-state index contributed by atoms with van der Waals surface area (Å²) in [6, 6.07) is 5.62. The number of rotatable bonds is 5. The van der Waals surface area contributed by atoms with Crippen LogP contribution in [0.15, 0.2) is 42.7 Å². The number of carboxylic acid groups (broad SMARTS) is 1. The van der Waals surface area contributed by atoms with Crippen LogP contribution < -0.4 is 4.74 Å². The SMILES string of the molecule is O=C(O)/C=C/c1cnc(Oc2cccc([N+](=O)[O-])c2)nc1. The molecule has 8 heteroatoms. The summed E-state index contributed by atoms with van der Waals surface area (Å²) in [6.07, 6.45) is 5.04. The van der Waals surface area contributed by atoms with Gasteiger partial charge in [0.05, 0.1) is 11.0 Å². The number of aromatic nitrogens is 2. The molecule has 2 aromatic rings. The van der Waals surface area contributed by atoms with E-state index in [0.717, 1.165) is 6.08 Å². The first kappa shape index (κ1) is 14.1. The van der Waals surface area contributed by atoms with Crippen LogP contribution in [0.4, 0.5) is 5.69 Å². The van der Waals surface area contributed by atoms with Crippen LogP contribution in [0.2, 0.25) is 0 Å². The van der Waals surface area contributed by atoms with Crippen molar-refractivity contribution in [3.8, 4) is 11.8 Å². The Balaban J connectivity index is 2.11. The van der Waals surface area contributed by atoms with Crippen molar-refractivity contribution in [1.29, 1.82) is 0 Å². The molecular formula is C13H9N3O5. The van der Waals surface area contributed by atoms with Crippen molar-refractivity contribution in [2.45, 2.75) is 0 Å². The molecule has 1 aromatic heterocycles. The largest absolute Gasteiger partial charge is 0.478 e. The van der Waals surface area contributed by atoms with Gasteiger partial charge in [-0.3, -0.25) is 10.1 Å². The maximum absolute atomic E-state index is 10.6. The lowest BCUT2D eigenvalue weighted by Crippen LogP contribution is -1.93. The second-order valence-corrected chi connectivity index (χ2v) is 3.83. The van der Waals surface area contributed by atoms with Crippen LogP contribution >= 0.6 is 0 Å². The van der Waals surface area contributed by atoms with Gasteiger partial charge in [-0.25, -0.2) is 14.8 Å². The Morgan fingerprint density at radius 1 is 1.33 bits per heavy atom. The highest BCUT2D eigenvalue weighted by Crippen LogP contribution is 2.22. The van der Waals surface area contributed by atoms with Crippen molar-refractivity contribution in [3.63, 3.8) is 0 Å². The summed E-state index contributed by atoms with van der Waals surface area (Å²) in [6.45, 7) is 0. The minimum atomic E-state index is -1.08. The van der Waals surface area contributed by atoms with E-state index in [4.69, 9.17) is 9.84 Å². The fourth-order valence-corrected chi connectivity index (χ4v) is 1.40. The first-order valence-corrected chi connectivity index (χ1v) is 5.70. The lowest BCUT2D eigenvalue weighted by molar-refractivity contribution is -0.384. The third kappa shape index (κ3) is 4.10. The Labute approximate surface area is 118 Å². The van der Waals surface area contributed by atoms with Gasteiger partial charge in [0, 0.05) is 30.1 Å². The second-order valence-electron chi connectivity index (χ2n) is 3.83. The minimum absolute atomic E-state index is 0.00275. The average molecular weight is 287 g/mol. The molecule has 0 radical (unpaired) electrons. The molecule has 0 unspecified atom stereocenters. The Kier molecular flexibility index (Phi) is 4.20. The van der Waals surface area contributed by atoms with Crippen LogP contribution in [0.1, 0.15) is 5.56 Å². The smallest absolute Gasteiger partial charge is 0.328 e. The molecule has 0 aliphatic heterocycles. The maximum Gasteiger partial charge on any atom is 0.328 e. The molecule has 0 bridgehead atoms. The zero-order chi connectivity index (χ0) is 15.2. The van der Waals surface area contributed by atoms with E-state index in [9.17, 15) is 14.9 Å². The predicted molar refractivity (Wildman–Crippen MR) is 71.9 cm³/mol. The molecule has 21 heavy (non-hydrogen) atoms. The van der Waals surface area contributed by atoms with Crippen LogP contribution in [0.25, 0.3) is 6.08 Å². The zero-order valence-corrected chi connectivity index (χ0v) is 10.5. The molecule has 0 aliphatic carbocycles. The predicted octanol–water partition coefficient (Wildman–Crippen LogP) is 2.27. The maximum atomic E-state index is 10.6. The van der Waals surface area contributed by atoms with Crippen molar-refractivity contribution >= 4 is 17.7 Å². The summed E-state index contributed by atoms with van der Waals surface area (Å²) in [5, 5.41) is 19.1. The van der Waals surface area contributed by atoms with Gasteiger partial charge >= 0.3 is 12.0 Å². The molecule has 0 saturated carbocycles. The number of carbonyl (C=O) groups is 1. The molecule has 0 spiro atoms. The van der Waals surface area contributed by atoms with Crippen LogP contribution in [0, 0.1) is 10.1 Å². The van der Waals surface area contributed by atoms with Crippen molar-refractivity contribution < 1.29 is 19.6 Å². The number of benzene rings is 1. The molecular weight excluding hydrogens is 278 g/mol. The van der Waals surface area contributed by atoms with Crippen molar-refractivity contribution in [1.82, 2.24) is 9.97 Å². The molecule has 8 nitrogen and oxygen atoms in total. The van der Waals surface area contributed by atoms with Gasteiger partial charge in [-0.15, -0.1) is 0 Å².